The number of aryl methyl sites for hydroxylation is 1. The summed E-state index contributed by atoms with van der Waals surface area (Å²) >= 11 is 6.25. The van der Waals surface area contributed by atoms with Crippen molar-refractivity contribution < 1.29 is 9.52 Å². The minimum Gasteiger partial charge on any atom is -0.417 e. The van der Waals surface area contributed by atoms with Crippen LogP contribution in [0.15, 0.2) is 59.5 Å². The van der Waals surface area contributed by atoms with Gasteiger partial charge in [-0.1, -0.05) is 29.8 Å². The summed E-state index contributed by atoms with van der Waals surface area (Å²) < 4.78 is 7.60. The van der Waals surface area contributed by atoms with E-state index in [0.29, 0.717) is 21.8 Å². The number of aliphatic hydroxyl groups is 1. The van der Waals surface area contributed by atoms with Gasteiger partial charge in [0.05, 0.1) is 11.8 Å². The fourth-order valence-corrected chi connectivity index (χ4v) is 3.73. The molecule has 1 aromatic carbocycles. The van der Waals surface area contributed by atoms with Crippen LogP contribution in [0, 0.1) is 0 Å². The summed E-state index contributed by atoms with van der Waals surface area (Å²) in [4.78, 5) is 7.59. The molecular formula is C21H17ClN6O2. The molecule has 0 bridgehead atoms. The molecule has 0 aliphatic rings. The van der Waals surface area contributed by atoms with Crippen LogP contribution in [0.5, 0.6) is 0 Å². The van der Waals surface area contributed by atoms with Crippen molar-refractivity contribution in [3.63, 3.8) is 0 Å². The summed E-state index contributed by atoms with van der Waals surface area (Å²) in [6, 6.07) is 9.00. The lowest BCUT2D eigenvalue weighted by atomic mass is 9.96. The highest BCUT2D eigenvalue weighted by molar-refractivity contribution is 6.31. The molecule has 0 radical (unpaired) electrons. The van der Waals surface area contributed by atoms with Gasteiger partial charge >= 0.3 is 0 Å². The number of rotatable bonds is 4. The molecule has 0 fully saturated rings. The summed E-state index contributed by atoms with van der Waals surface area (Å²) in [5.74, 6) is 0.324. The van der Waals surface area contributed by atoms with Crippen LogP contribution in [0.25, 0.3) is 33.6 Å². The average Bonchev–Trinajstić information content (AvgIpc) is 3.46. The Bertz CT molecular complexity index is 1370. The van der Waals surface area contributed by atoms with E-state index in [-0.39, 0.29) is 11.8 Å². The molecule has 0 aliphatic carbocycles. The number of hydrogen-bond donors (Lipinski definition) is 2. The van der Waals surface area contributed by atoms with Crippen molar-refractivity contribution in [3.8, 4) is 22.6 Å². The van der Waals surface area contributed by atoms with Crippen LogP contribution >= 0.6 is 11.6 Å². The van der Waals surface area contributed by atoms with Crippen molar-refractivity contribution in [1.82, 2.24) is 29.9 Å². The lowest BCUT2D eigenvalue weighted by Crippen LogP contribution is -2.23. The Hall–Kier alpha value is -3.49. The molecule has 1 atom stereocenters. The highest BCUT2D eigenvalue weighted by Gasteiger charge is 2.34. The van der Waals surface area contributed by atoms with Crippen LogP contribution in [-0.4, -0.2) is 35.1 Å². The van der Waals surface area contributed by atoms with E-state index in [1.807, 2.05) is 19.3 Å². The van der Waals surface area contributed by atoms with Crippen LogP contribution < -0.4 is 0 Å². The van der Waals surface area contributed by atoms with E-state index in [2.05, 4.69) is 25.3 Å². The van der Waals surface area contributed by atoms with Gasteiger partial charge in [0.1, 0.15) is 5.65 Å². The Morgan fingerprint density at radius 2 is 2.00 bits per heavy atom. The molecule has 4 heterocycles. The van der Waals surface area contributed by atoms with E-state index < -0.39 is 5.60 Å². The van der Waals surface area contributed by atoms with Gasteiger partial charge in [0, 0.05) is 52.7 Å². The van der Waals surface area contributed by atoms with Gasteiger partial charge in [-0.2, -0.15) is 5.10 Å². The fraction of sp³-hybridized carbons (Fsp3) is 0.143. The summed E-state index contributed by atoms with van der Waals surface area (Å²) in [7, 11) is 1.86. The summed E-state index contributed by atoms with van der Waals surface area (Å²) in [6.07, 6.45) is 7.23. The van der Waals surface area contributed by atoms with Crippen molar-refractivity contribution in [2.45, 2.75) is 12.5 Å². The fourth-order valence-electron chi connectivity index (χ4n) is 3.41. The molecule has 8 nitrogen and oxygen atoms in total. The van der Waals surface area contributed by atoms with E-state index in [1.165, 1.54) is 0 Å². The SMILES string of the molecule is Cn1cc(-c2cnc3[nH]cc(-c4nnc(C(C)(O)c5ccccc5Cl)o4)c3c2)cn1. The molecule has 150 valence electrons. The summed E-state index contributed by atoms with van der Waals surface area (Å²) in [6.45, 7) is 1.57. The van der Waals surface area contributed by atoms with Crippen LogP contribution in [0.4, 0.5) is 0 Å². The number of fused-ring (bicyclic) bond motifs is 1. The Labute approximate surface area is 176 Å². The smallest absolute Gasteiger partial charge is 0.252 e. The van der Waals surface area contributed by atoms with Crippen molar-refractivity contribution in [1.29, 1.82) is 0 Å². The lowest BCUT2D eigenvalue weighted by molar-refractivity contribution is 0.0714. The predicted molar refractivity (Wildman–Crippen MR) is 112 cm³/mol. The standard InChI is InChI=1S/C21H17ClN6O2/c1-21(29,16-5-3-4-6-17(16)22)20-27-26-19(30-20)15-10-24-18-14(15)7-12(8-23-18)13-9-25-28(2)11-13/h3-11,29H,1-2H3,(H,23,24). The van der Waals surface area contributed by atoms with Crippen molar-refractivity contribution in [2.75, 3.05) is 0 Å². The van der Waals surface area contributed by atoms with Crippen LogP contribution in [0.2, 0.25) is 5.02 Å². The molecular weight excluding hydrogens is 404 g/mol. The molecule has 0 spiro atoms. The minimum absolute atomic E-state index is 0.0522. The molecule has 0 amide bonds. The first kappa shape index (κ1) is 18.5. The number of aromatic nitrogens is 6. The maximum atomic E-state index is 11.0. The number of benzene rings is 1. The summed E-state index contributed by atoms with van der Waals surface area (Å²) in [5, 5.41) is 24.7. The monoisotopic (exact) mass is 420 g/mol. The topological polar surface area (TPSA) is 106 Å². The number of pyridine rings is 1. The number of hydrogen-bond acceptors (Lipinski definition) is 6. The summed E-state index contributed by atoms with van der Waals surface area (Å²) in [5.41, 5.74) is 2.20. The third-order valence-corrected chi connectivity index (χ3v) is 5.37. The predicted octanol–water partition coefficient (Wildman–Crippen LogP) is 3.92. The zero-order chi connectivity index (χ0) is 20.9. The molecule has 1 unspecified atom stereocenters. The van der Waals surface area contributed by atoms with Gasteiger partial charge < -0.3 is 14.5 Å². The molecule has 0 aliphatic heterocycles. The highest BCUT2D eigenvalue weighted by Crippen LogP contribution is 2.36. The third-order valence-electron chi connectivity index (χ3n) is 5.04. The van der Waals surface area contributed by atoms with Crippen LogP contribution in [0.3, 0.4) is 0 Å². The average molecular weight is 421 g/mol. The number of halogens is 1. The zero-order valence-corrected chi connectivity index (χ0v) is 16.9. The Morgan fingerprint density at radius 1 is 1.17 bits per heavy atom. The quantitative estimate of drug-likeness (QED) is 0.456. The normalized spacial score (nSPS) is 13.6. The number of aromatic amines is 1. The molecule has 0 saturated carbocycles. The molecule has 5 aromatic rings. The molecule has 4 aromatic heterocycles. The van der Waals surface area contributed by atoms with Crippen molar-refractivity contribution in [3.05, 3.63) is 71.6 Å². The second kappa shape index (κ2) is 6.79. The molecule has 0 saturated heterocycles. The number of H-pyrrole nitrogens is 1. The largest absolute Gasteiger partial charge is 0.417 e. The Morgan fingerprint density at radius 3 is 2.77 bits per heavy atom. The minimum atomic E-state index is -1.53. The van der Waals surface area contributed by atoms with Gasteiger partial charge in [0.15, 0.2) is 5.60 Å². The second-order valence-electron chi connectivity index (χ2n) is 7.19. The second-order valence-corrected chi connectivity index (χ2v) is 7.60. The van der Waals surface area contributed by atoms with Crippen molar-refractivity contribution >= 4 is 22.6 Å². The van der Waals surface area contributed by atoms with E-state index in [1.54, 1.807) is 54.5 Å². The van der Waals surface area contributed by atoms with Crippen molar-refractivity contribution in [2.24, 2.45) is 7.05 Å². The maximum Gasteiger partial charge on any atom is 0.252 e. The van der Waals surface area contributed by atoms with Gasteiger partial charge in [-0.15, -0.1) is 10.2 Å². The van der Waals surface area contributed by atoms with Gasteiger partial charge in [-0.3, -0.25) is 4.68 Å². The lowest BCUT2D eigenvalue weighted by Gasteiger charge is -2.20. The first-order valence-electron chi connectivity index (χ1n) is 9.21. The van der Waals surface area contributed by atoms with E-state index in [0.717, 1.165) is 16.5 Å². The number of nitrogens with zero attached hydrogens (tertiary/aromatic N) is 5. The zero-order valence-electron chi connectivity index (χ0n) is 16.2. The maximum absolute atomic E-state index is 11.0. The molecule has 5 rings (SSSR count). The Kier molecular flexibility index (Phi) is 4.19. The van der Waals surface area contributed by atoms with Gasteiger partial charge in [-0.05, 0) is 19.1 Å². The first-order valence-corrected chi connectivity index (χ1v) is 9.59. The first-order chi connectivity index (χ1) is 14.4. The van der Waals surface area contributed by atoms with Gasteiger partial charge in [0.25, 0.3) is 5.89 Å². The van der Waals surface area contributed by atoms with Gasteiger partial charge in [0.2, 0.25) is 5.89 Å². The van der Waals surface area contributed by atoms with Gasteiger partial charge in [-0.25, -0.2) is 4.98 Å². The van der Waals surface area contributed by atoms with E-state index >= 15 is 0 Å². The highest BCUT2D eigenvalue weighted by atomic mass is 35.5. The number of nitrogens with one attached hydrogen (secondary N) is 1. The van der Waals surface area contributed by atoms with E-state index in [4.69, 9.17) is 16.0 Å². The van der Waals surface area contributed by atoms with Crippen LogP contribution in [-0.2, 0) is 12.6 Å². The molecule has 9 heteroatoms. The Balaban J connectivity index is 1.57. The van der Waals surface area contributed by atoms with E-state index in [9.17, 15) is 5.11 Å². The third kappa shape index (κ3) is 2.97. The van der Waals surface area contributed by atoms with Crippen LogP contribution in [0.1, 0.15) is 18.4 Å². The molecule has 2 N–H and O–H groups in total. The molecule has 30 heavy (non-hydrogen) atoms.